The number of carbonyl (C=O) groups excluding carboxylic acids is 1. The number of benzene rings is 1. The fraction of sp³-hybridized carbons (Fsp3) is 0.500. The van der Waals surface area contributed by atoms with Crippen molar-refractivity contribution in [3.63, 3.8) is 0 Å². The van der Waals surface area contributed by atoms with Crippen LogP contribution in [0.25, 0.3) is 0 Å². The van der Waals surface area contributed by atoms with Crippen LogP contribution in [0.3, 0.4) is 0 Å². The zero-order chi connectivity index (χ0) is 13.0. The fourth-order valence-electron chi connectivity index (χ4n) is 2.35. The SMILES string of the molecule is NC1CCCN(C(=O)C(S)Cc2ccccc2)C1. The predicted octanol–water partition coefficient (Wildman–Crippen LogP) is 1.48. The molecule has 2 N–H and O–H groups in total. The number of thiol groups is 1. The number of piperidine rings is 1. The van der Waals surface area contributed by atoms with Crippen molar-refractivity contribution in [3.8, 4) is 0 Å². The zero-order valence-corrected chi connectivity index (χ0v) is 11.4. The van der Waals surface area contributed by atoms with Crippen LogP contribution < -0.4 is 5.73 Å². The Hall–Kier alpha value is -1.00. The van der Waals surface area contributed by atoms with E-state index in [1.165, 1.54) is 0 Å². The van der Waals surface area contributed by atoms with Crippen LogP contribution in [0.15, 0.2) is 30.3 Å². The maximum absolute atomic E-state index is 12.2. The van der Waals surface area contributed by atoms with Gasteiger partial charge < -0.3 is 10.6 Å². The summed E-state index contributed by atoms with van der Waals surface area (Å²) in [6.45, 7) is 1.49. The van der Waals surface area contributed by atoms with Crippen LogP contribution in [-0.4, -0.2) is 35.2 Å². The van der Waals surface area contributed by atoms with Crippen molar-refractivity contribution in [3.05, 3.63) is 35.9 Å². The summed E-state index contributed by atoms with van der Waals surface area (Å²) in [6, 6.07) is 10.1. The predicted molar refractivity (Wildman–Crippen MR) is 76.7 cm³/mol. The van der Waals surface area contributed by atoms with Gasteiger partial charge in [0.15, 0.2) is 0 Å². The fourth-order valence-corrected chi connectivity index (χ4v) is 2.72. The number of rotatable bonds is 3. The molecule has 1 aliphatic rings. The van der Waals surface area contributed by atoms with E-state index in [2.05, 4.69) is 12.6 Å². The summed E-state index contributed by atoms with van der Waals surface area (Å²) in [5, 5.41) is -0.266. The average Bonchev–Trinajstić information content (AvgIpc) is 2.39. The molecule has 3 nitrogen and oxygen atoms in total. The summed E-state index contributed by atoms with van der Waals surface area (Å²) >= 11 is 4.44. The minimum Gasteiger partial charge on any atom is -0.340 e. The van der Waals surface area contributed by atoms with E-state index in [1.807, 2.05) is 35.2 Å². The van der Waals surface area contributed by atoms with Gasteiger partial charge in [-0.05, 0) is 24.8 Å². The lowest BCUT2D eigenvalue weighted by Crippen LogP contribution is -2.48. The molecule has 0 bridgehead atoms. The highest BCUT2D eigenvalue weighted by molar-refractivity contribution is 7.81. The molecule has 98 valence electrons. The van der Waals surface area contributed by atoms with E-state index >= 15 is 0 Å². The minimum absolute atomic E-state index is 0.109. The Morgan fingerprint density at radius 3 is 2.83 bits per heavy atom. The molecule has 1 heterocycles. The van der Waals surface area contributed by atoms with E-state index in [1.54, 1.807) is 0 Å². The molecular formula is C14H20N2OS. The number of carbonyl (C=O) groups is 1. The summed E-state index contributed by atoms with van der Waals surface area (Å²) in [5.74, 6) is 0.109. The van der Waals surface area contributed by atoms with Gasteiger partial charge in [0, 0.05) is 19.1 Å². The van der Waals surface area contributed by atoms with Crippen LogP contribution in [0, 0.1) is 0 Å². The van der Waals surface area contributed by atoms with Gasteiger partial charge in [0.1, 0.15) is 0 Å². The number of hydrogen-bond donors (Lipinski definition) is 2. The third kappa shape index (κ3) is 3.50. The summed E-state index contributed by atoms with van der Waals surface area (Å²) in [7, 11) is 0. The second-order valence-corrected chi connectivity index (χ2v) is 5.52. The number of nitrogens with two attached hydrogens (primary N) is 1. The minimum atomic E-state index is -0.266. The monoisotopic (exact) mass is 264 g/mol. The number of nitrogens with zero attached hydrogens (tertiary/aromatic N) is 1. The van der Waals surface area contributed by atoms with Gasteiger partial charge in [-0.25, -0.2) is 0 Å². The summed E-state index contributed by atoms with van der Waals surface area (Å²) in [4.78, 5) is 14.1. The van der Waals surface area contributed by atoms with Crippen LogP contribution >= 0.6 is 12.6 Å². The largest absolute Gasteiger partial charge is 0.340 e. The van der Waals surface area contributed by atoms with Gasteiger partial charge in [0.25, 0.3) is 0 Å². The molecule has 1 aliphatic heterocycles. The highest BCUT2D eigenvalue weighted by atomic mass is 32.1. The van der Waals surface area contributed by atoms with Crippen molar-refractivity contribution in [1.82, 2.24) is 4.90 Å². The molecule has 1 saturated heterocycles. The lowest BCUT2D eigenvalue weighted by atomic mass is 10.0. The van der Waals surface area contributed by atoms with E-state index in [0.29, 0.717) is 13.0 Å². The number of likely N-dealkylation sites (tertiary alicyclic amines) is 1. The van der Waals surface area contributed by atoms with Crippen molar-refractivity contribution in [2.75, 3.05) is 13.1 Å². The molecular weight excluding hydrogens is 244 g/mol. The van der Waals surface area contributed by atoms with E-state index < -0.39 is 0 Å². The van der Waals surface area contributed by atoms with Gasteiger partial charge in [0.05, 0.1) is 5.25 Å². The third-order valence-electron chi connectivity index (χ3n) is 3.33. The molecule has 0 radical (unpaired) electrons. The molecule has 0 saturated carbocycles. The lowest BCUT2D eigenvalue weighted by molar-refractivity contribution is -0.131. The topological polar surface area (TPSA) is 46.3 Å². The van der Waals surface area contributed by atoms with Gasteiger partial charge in [-0.3, -0.25) is 4.79 Å². The van der Waals surface area contributed by atoms with Crippen LogP contribution in [0.1, 0.15) is 18.4 Å². The van der Waals surface area contributed by atoms with E-state index in [9.17, 15) is 4.79 Å². The van der Waals surface area contributed by atoms with Gasteiger partial charge in [0.2, 0.25) is 5.91 Å². The first kappa shape index (κ1) is 13.4. The molecule has 1 amide bonds. The van der Waals surface area contributed by atoms with Crippen molar-refractivity contribution in [1.29, 1.82) is 0 Å². The van der Waals surface area contributed by atoms with E-state index in [4.69, 9.17) is 5.73 Å². The molecule has 2 unspecified atom stereocenters. The van der Waals surface area contributed by atoms with Gasteiger partial charge in [-0.2, -0.15) is 12.6 Å². The molecule has 1 aromatic rings. The van der Waals surface area contributed by atoms with Crippen molar-refractivity contribution >= 4 is 18.5 Å². The molecule has 0 aliphatic carbocycles. The second-order valence-electron chi connectivity index (χ2n) is 4.89. The number of amides is 1. The first-order chi connectivity index (χ1) is 8.66. The molecule has 0 aromatic heterocycles. The Labute approximate surface area is 114 Å². The average molecular weight is 264 g/mol. The maximum Gasteiger partial charge on any atom is 0.235 e. The van der Waals surface area contributed by atoms with Gasteiger partial charge >= 0.3 is 0 Å². The molecule has 1 fully saturated rings. The van der Waals surface area contributed by atoms with Crippen molar-refractivity contribution in [2.24, 2.45) is 5.73 Å². The highest BCUT2D eigenvalue weighted by Crippen LogP contribution is 2.15. The van der Waals surface area contributed by atoms with Crippen LogP contribution in [-0.2, 0) is 11.2 Å². The molecule has 4 heteroatoms. The molecule has 2 rings (SSSR count). The Kier molecular flexibility index (Phi) is 4.66. The Morgan fingerprint density at radius 2 is 2.17 bits per heavy atom. The summed E-state index contributed by atoms with van der Waals surface area (Å²) in [6.07, 6.45) is 2.69. The number of hydrogen-bond acceptors (Lipinski definition) is 3. The Bertz CT molecular complexity index is 396. The third-order valence-corrected chi connectivity index (χ3v) is 3.73. The zero-order valence-electron chi connectivity index (χ0n) is 10.5. The highest BCUT2D eigenvalue weighted by Gasteiger charge is 2.25. The lowest BCUT2D eigenvalue weighted by Gasteiger charge is -2.32. The second kappa shape index (κ2) is 6.25. The van der Waals surface area contributed by atoms with Crippen LogP contribution in [0.4, 0.5) is 0 Å². The van der Waals surface area contributed by atoms with E-state index in [0.717, 1.165) is 24.9 Å². The molecule has 18 heavy (non-hydrogen) atoms. The van der Waals surface area contributed by atoms with E-state index in [-0.39, 0.29) is 17.2 Å². The summed E-state index contributed by atoms with van der Waals surface area (Å²) < 4.78 is 0. The van der Waals surface area contributed by atoms with Gasteiger partial charge in [-0.15, -0.1) is 0 Å². The van der Waals surface area contributed by atoms with Crippen LogP contribution in [0.5, 0.6) is 0 Å². The van der Waals surface area contributed by atoms with Crippen molar-refractivity contribution in [2.45, 2.75) is 30.6 Å². The molecule has 0 spiro atoms. The first-order valence-electron chi connectivity index (χ1n) is 6.43. The van der Waals surface area contributed by atoms with Crippen molar-refractivity contribution < 1.29 is 4.79 Å². The summed E-state index contributed by atoms with van der Waals surface area (Å²) in [5.41, 5.74) is 7.04. The molecule has 1 aromatic carbocycles. The quantitative estimate of drug-likeness (QED) is 0.812. The standard InChI is InChI=1S/C14H20N2OS/c15-12-7-4-8-16(10-12)14(17)13(18)9-11-5-2-1-3-6-11/h1-3,5-6,12-13,18H,4,7-10,15H2. The normalized spacial score (nSPS) is 21.7. The molecule has 2 atom stereocenters. The Balaban J connectivity index is 1.92. The smallest absolute Gasteiger partial charge is 0.235 e. The van der Waals surface area contributed by atoms with Crippen LogP contribution in [0.2, 0.25) is 0 Å². The Morgan fingerprint density at radius 1 is 1.44 bits per heavy atom. The maximum atomic E-state index is 12.2. The first-order valence-corrected chi connectivity index (χ1v) is 6.95. The van der Waals surface area contributed by atoms with Gasteiger partial charge in [-0.1, -0.05) is 30.3 Å².